The molecule has 3 rings (SSSR count). The van der Waals surface area contributed by atoms with E-state index in [4.69, 9.17) is 4.42 Å². The Morgan fingerprint density at radius 3 is 2.81 bits per heavy atom. The van der Waals surface area contributed by atoms with E-state index in [0.29, 0.717) is 28.6 Å². The van der Waals surface area contributed by atoms with Gasteiger partial charge in [-0.05, 0) is 32.0 Å². The van der Waals surface area contributed by atoms with Crippen LogP contribution in [0, 0.1) is 13.8 Å². The quantitative estimate of drug-likeness (QED) is 0.773. The summed E-state index contributed by atoms with van der Waals surface area (Å²) in [7, 11) is 0. The Morgan fingerprint density at radius 1 is 1.29 bits per heavy atom. The number of hydrogen-bond donors (Lipinski definition) is 2. The molecule has 0 fully saturated rings. The summed E-state index contributed by atoms with van der Waals surface area (Å²) >= 11 is 0. The molecule has 2 aromatic heterocycles. The smallest absolute Gasteiger partial charge is 0.259 e. The number of aryl methyl sites for hydroxylation is 2. The van der Waals surface area contributed by atoms with Gasteiger partial charge in [-0.15, -0.1) is 0 Å². The molecule has 2 heterocycles. The summed E-state index contributed by atoms with van der Waals surface area (Å²) in [4.78, 5) is 16.3. The SMILES string of the molecule is Cc1cc(C(=O)Nc2cccc(-c3ncn[nH]3)c2)c(C)o1. The Hall–Kier alpha value is -2.89. The summed E-state index contributed by atoms with van der Waals surface area (Å²) in [5.74, 6) is 1.78. The molecule has 2 N–H and O–H groups in total. The molecule has 0 radical (unpaired) electrons. The standard InChI is InChI=1S/C15H14N4O2/c1-9-6-13(10(2)21-9)15(20)18-12-5-3-4-11(7-12)14-16-8-17-19-14/h3-8H,1-2H3,(H,18,20)(H,16,17,19). The van der Waals surface area contributed by atoms with E-state index in [1.165, 1.54) is 6.33 Å². The third-order valence-corrected chi connectivity index (χ3v) is 3.09. The minimum Gasteiger partial charge on any atom is -0.466 e. The molecule has 0 atom stereocenters. The minimum absolute atomic E-state index is 0.195. The lowest BCUT2D eigenvalue weighted by molar-refractivity contribution is 0.102. The van der Waals surface area contributed by atoms with Gasteiger partial charge in [0.05, 0.1) is 5.56 Å². The number of carbonyl (C=O) groups excluding carboxylic acids is 1. The fourth-order valence-corrected chi connectivity index (χ4v) is 2.14. The molecule has 1 aromatic carbocycles. The molecule has 106 valence electrons. The van der Waals surface area contributed by atoms with Crippen molar-refractivity contribution in [2.75, 3.05) is 5.32 Å². The van der Waals surface area contributed by atoms with Crippen LogP contribution >= 0.6 is 0 Å². The number of H-pyrrole nitrogens is 1. The predicted octanol–water partition coefficient (Wildman–Crippen LogP) is 2.93. The summed E-state index contributed by atoms with van der Waals surface area (Å²) in [6.45, 7) is 3.58. The second-order valence-electron chi connectivity index (χ2n) is 4.70. The second-order valence-corrected chi connectivity index (χ2v) is 4.70. The molecule has 0 saturated heterocycles. The Bertz CT molecular complexity index is 775. The van der Waals surface area contributed by atoms with Gasteiger partial charge in [0.2, 0.25) is 0 Å². The van der Waals surface area contributed by atoms with E-state index in [9.17, 15) is 4.79 Å². The first-order valence-electron chi connectivity index (χ1n) is 6.47. The van der Waals surface area contributed by atoms with Crippen LogP contribution < -0.4 is 5.32 Å². The Labute approximate surface area is 121 Å². The van der Waals surface area contributed by atoms with E-state index in [2.05, 4.69) is 20.5 Å². The van der Waals surface area contributed by atoms with Crippen LogP contribution in [0.5, 0.6) is 0 Å². The van der Waals surface area contributed by atoms with Crippen molar-refractivity contribution in [3.8, 4) is 11.4 Å². The molecular weight excluding hydrogens is 268 g/mol. The molecule has 0 aliphatic carbocycles. The predicted molar refractivity (Wildman–Crippen MR) is 78.0 cm³/mol. The number of amides is 1. The second kappa shape index (κ2) is 5.24. The molecule has 6 heteroatoms. The van der Waals surface area contributed by atoms with Crippen molar-refractivity contribution in [1.82, 2.24) is 15.2 Å². The number of hydrogen-bond acceptors (Lipinski definition) is 4. The number of aromatic amines is 1. The lowest BCUT2D eigenvalue weighted by Crippen LogP contribution is -2.12. The molecule has 0 unspecified atom stereocenters. The van der Waals surface area contributed by atoms with E-state index in [-0.39, 0.29) is 5.91 Å². The summed E-state index contributed by atoms with van der Waals surface area (Å²) < 4.78 is 5.37. The first-order chi connectivity index (χ1) is 10.1. The van der Waals surface area contributed by atoms with Crippen LogP contribution in [-0.4, -0.2) is 21.1 Å². The van der Waals surface area contributed by atoms with Crippen LogP contribution in [0.3, 0.4) is 0 Å². The van der Waals surface area contributed by atoms with E-state index < -0.39 is 0 Å². The number of rotatable bonds is 3. The van der Waals surface area contributed by atoms with E-state index in [1.54, 1.807) is 13.0 Å². The first-order valence-corrected chi connectivity index (χ1v) is 6.47. The molecule has 3 aromatic rings. The zero-order valence-electron chi connectivity index (χ0n) is 11.7. The van der Waals surface area contributed by atoms with Crippen LogP contribution in [0.1, 0.15) is 21.9 Å². The number of aromatic nitrogens is 3. The number of nitrogens with one attached hydrogen (secondary N) is 2. The van der Waals surface area contributed by atoms with Gasteiger partial charge in [-0.2, -0.15) is 5.10 Å². The lowest BCUT2D eigenvalue weighted by Gasteiger charge is -2.05. The maximum Gasteiger partial charge on any atom is 0.259 e. The fraction of sp³-hybridized carbons (Fsp3) is 0.133. The minimum atomic E-state index is -0.195. The normalized spacial score (nSPS) is 10.6. The van der Waals surface area contributed by atoms with Crippen molar-refractivity contribution < 1.29 is 9.21 Å². The summed E-state index contributed by atoms with van der Waals surface area (Å²) in [5, 5.41) is 9.46. The molecule has 1 amide bonds. The molecule has 0 saturated carbocycles. The van der Waals surface area contributed by atoms with Crippen LogP contribution in [0.25, 0.3) is 11.4 Å². The Morgan fingerprint density at radius 2 is 2.14 bits per heavy atom. The summed E-state index contributed by atoms with van der Waals surface area (Å²) in [6.07, 6.45) is 1.44. The number of carbonyl (C=O) groups is 1. The number of nitrogens with zero attached hydrogens (tertiary/aromatic N) is 2. The largest absolute Gasteiger partial charge is 0.466 e. The van der Waals surface area contributed by atoms with Gasteiger partial charge in [-0.25, -0.2) is 4.98 Å². The zero-order chi connectivity index (χ0) is 14.8. The average Bonchev–Trinajstić information content (AvgIpc) is 3.08. The highest BCUT2D eigenvalue weighted by Crippen LogP contribution is 2.20. The van der Waals surface area contributed by atoms with Crippen LogP contribution in [0.4, 0.5) is 5.69 Å². The van der Waals surface area contributed by atoms with Crippen molar-refractivity contribution in [3.05, 3.63) is 53.7 Å². The van der Waals surface area contributed by atoms with Gasteiger partial charge in [0, 0.05) is 11.3 Å². The molecular formula is C15H14N4O2. The summed E-state index contributed by atoms with van der Waals surface area (Å²) in [5.41, 5.74) is 2.08. The van der Waals surface area contributed by atoms with E-state index >= 15 is 0 Å². The van der Waals surface area contributed by atoms with Crippen LogP contribution in [0.15, 0.2) is 41.1 Å². The molecule has 6 nitrogen and oxygen atoms in total. The van der Waals surface area contributed by atoms with Gasteiger partial charge in [0.15, 0.2) is 5.82 Å². The van der Waals surface area contributed by atoms with Crippen LogP contribution in [-0.2, 0) is 0 Å². The van der Waals surface area contributed by atoms with Crippen LogP contribution in [0.2, 0.25) is 0 Å². The summed E-state index contributed by atoms with van der Waals surface area (Å²) in [6, 6.07) is 9.12. The molecule has 0 spiro atoms. The van der Waals surface area contributed by atoms with Crippen molar-refractivity contribution in [1.29, 1.82) is 0 Å². The number of anilines is 1. The number of furan rings is 1. The van der Waals surface area contributed by atoms with Gasteiger partial charge in [-0.3, -0.25) is 9.89 Å². The third kappa shape index (κ3) is 2.69. The maximum atomic E-state index is 12.2. The van der Waals surface area contributed by atoms with Gasteiger partial charge in [-0.1, -0.05) is 12.1 Å². The van der Waals surface area contributed by atoms with Crippen molar-refractivity contribution >= 4 is 11.6 Å². The van der Waals surface area contributed by atoms with Crippen molar-refractivity contribution in [3.63, 3.8) is 0 Å². The fourth-order valence-electron chi connectivity index (χ4n) is 2.14. The molecule has 0 aliphatic heterocycles. The van der Waals surface area contributed by atoms with Crippen molar-refractivity contribution in [2.45, 2.75) is 13.8 Å². The van der Waals surface area contributed by atoms with Gasteiger partial charge < -0.3 is 9.73 Å². The highest BCUT2D eigenvalue weighted by molar-refractivity contribution is 6.05. The van der Waals surface area contributed by atoms with Gasteiger partial charge >= 0.3 is 0 Å². The third-order valence-electron chi connectivity index (χ3n) is 3.09. The van der Waals surface area contributed by atoms with E-state index in [1.807, 2.05) is 31.2 Å². The van der Waals surface area contributed by atoms with E-state index in [0.717, 1.165) is 5.56 Å². The zero-order valence-corrected chi connectivity index (χ0v) is 11.7. The molecule has 0 aliphatic rings. The highest BCUT2D eigenvalue weighted by Gasteiger charge is 2.14. The van der Waals surface area contributed by atoms with Gasteiger partial charge in [0.1, 0.15) is 17.8 Å². The highest BCUT2D eigenvalue weighted by atomic mass is 16.3. The Balaban J connectivity index is 1.84. The number of benzene rings is 1. The molecule has 21 heavy (non-hydrogen) atoms. The maximum absolute atomic E-state index is 12.2. The lowest BCUT2D eigenvalue weighted by atomic mass is 10.1. The first kappa shape index (κ1) is 13.1. The molecule has 0 bridgehead atoms. The van der Waals surface area contributed by atoms with Gasteiger partial charge in [0.25, 0.3) is 5.91 Å². The topological polar surface area (TPSA) is 83.8 Å². The average molecular weight is 282 g/mol. The monoisotopic (exact) mass is 282 g/mol. The van der Waals surface area contributed by atoms with Crippen molar-refractivity contribution in [2.24, 2.45) is 0 Å². The Kier molecular flexibility index (Phi) is 3.27.